The fraction of sp³-hybridized carbons (Fsp3) is 0.250. The van der Waals surface area contributed by atoms with Crippen LogP contribution in [0, 0.1) is 5.41 Å². The van der Waals surface area contributed by atoms with Gasteiger partial charge in [0.25, 0.3) is 0 Å². The molecule has 6 nitrogen and oxygen atoms in total. The second kappa shape index (κ2) is 4.87. The first-order valence-electron chi connectivity index (χ1n) is 5.58. The molecule has 0 unspecified atom stereocenters. The molecule has 0 aliphatic carbocycles. The number of nitrogens with one attached hydrogen (secondary N) is 1. The standard InChI is InChI=1S/C12H15N5O/c1-3-17-7-10(12(13)15-16-14)9-5-4-8(18-2)6-11(9)17/h4-7H,3H2,1-2H3,(H3,13,14,15). The fourth-order valence-electron chi connectivity index (χ4n) is 1.96. The van der Waals surface area contributed by atoms with E-state index >= 15 is 0 Å². The first-order valence-corrected chi connectivity index (χ1v) is 5.58. The summed E-state index contributed by atoms with van der Waals surface area (Å²) in [5.74, 6) is 5.83. The molecule has 2 aromatic rings. The van der Waals surface area contributed by atoms with Crippen molar-refractivity contribution in [1.82, 2.24) is 4.57 Å². The van der Waals surface area contributed by atoms with Crippen LogP contribution < -0.4 is 10.6 Å². The molecule has 1 heterocycles. The minimum Gasteiger partial charge on any atom is -0.497 e. The predicted octanol–water partition coefficient (Wildman–Crippen LogP) is 2.32. The summed E-state index contributed by atoms with van der Waals surface area (Å²) >= 11 is 0. The molecule has 0 radical (unpaired) electrons. The zero-order valence-corrected chi connectivity index (χ0v) is 10.3. The maximum absolute atomic E-state index is 7.81. The molecule has 3 N–H and O–H groups in total. The Balaban J connectivity index is 2.66. The van der Waals surface area contributed by atoms with Crippen LogP contribution >= 0.6 is 0 Å². The van der Waals surface area contributed by atoms with E-state index in [4.69, 9.17) is 16.0 Å². The SMILES string of the molecule is CCn1cc(C(=N)N=NN)c2ccc(OC)cc21. The predicted molar refractivity (Wildman–Crippen MR) is 70.0 cm³/mol. The largest absolute Gasteiger partial charge is 0.497 e. The number of aromatic nitrogens is 1. The summed E-state index contributed by atoms with van der Waals surface area (Å²) in [5, 5.41) is 15.5. The summed E-state index contributed by atoms with van der Waals surface area (Å²) in [6.07, 6.45) is 1.88. The molecular weight excluding hydrogens is 230 g/mol. The van der Waals surface area contributed by atoms with Gasteiger partial charge < -0.3 is 15.1 Å². The Morgan fingerprint density at radius 3 is 2.89 bits per heavy atom. The third kappa shape index (κ3) is 1.92. The monoisotopic (exact) mass is 245 g/mol. The number of nitrogens with two attached hydrogens (primary N) is 1. The lowest BCUT2D eigenvalue weighted by molar-refractivity contribution is 0.415. The van der Waals surface area contributed by atoms with Gasteiger partial charge in [0.1, 0.15) is 5.75 Å². The topological polar surface area (TPSA) is 88.8 Å². The van der Waals surface area contributed by atoms with Crippen LogP contribution in [0.1, 0.15) is 12.5 Å². The van der Waals surface area contributed by atoms with Crippen molar-refractivity contribution >= 4 is 16.7 Å². The Labute approximate surface area is 105 Å². The highest BCUT2D eigenvalue weighted by Crippen LogP contribution is 2.26. The third-order valence-electron chi connectivity index (χ3n) is 2.84. The van der Waals surface area contributed by atoms with Crippen LogP contribution in [0.25, 0.3) is 10.9 Å². The van der Waals surface area contributed by atoms with Crippen molar-refractivity contribution in [2.75, 3.05) is 7.11 Å². The molecule has 2 rings (SSSR count). The van der Waals surface area contributed by atoms with Gasteiger partial charge >= 0.3 is 0 Å². The number of rotatable bonds is 3. The van der Waals surface area contributed by atoms with Gasteiger partial charge in [-0.25, -0.2) is 0 Å². The summed E-state index contributed by atoms with van der Waals surface area (Å²) in [4.78, 5) is 0. The average Bonchev–Trinajstić information content (AvgIpc) is 2.76. The van der Waals surface area contributed by atoms with E-state index in [1.165, 1.54) is 0 Å². The van der Waals surface area contributed by atoms with E-state index in [1.807, 2.05) is 35.9 Å². The molecule has 0 amide bonds. The molecule has 0 aliphatic heterocycles. The number of benzene rings is 1. The zero-order valence-electron chi connectivity index (χ0n) is 10.3. The maximum atomic E-state index is 7.81. The van der Waals surface area contributed by atoms with Crippen LogP contribution in [0.3, 0.4) is 0 Å². The first kappa shape index (κ1) is 12.1. The number of ether oxygens (including phenoxy) is 1. The van der Waals surface area contributed by atoms with Crippen LogP contribution in [0.5, 0.6) is 5.75 Å². The van der Waals surface area contributed by atoms with Gasteiger partial charge in [0.2, 0.25) is 0 Å². The van der Waals surface area contributed by atoms with Gasteiger partial charge in [-0.1, -0.05) is 5.22 Å². The number of nitrogens with zero attached hydrogens (tertiary/aromatic N) is 3. The Kier molecular flexibility index (Phi) is 3.27. The molecule has 0 saturated carbocycles. The maximum Gasteiger partial charge on any atom is 0.178 e. The van der Waals surface area contributed by atoms with Crippen LogP contribution in [-0.2, 0) is 6.54 Å². The molecular formula is C12H15N5O. The van der Waals surface area contributed by atoms with Crippen molar-refractivity contribution in [2.45, 2.75) is 13.5 Å². The third-order valence-corrected chi connectivity index (χ3v) is 2.84. The number of hydrogen-bond donors (Lipinski definition) is 2. The molecule has 1 aromatic heterocycles. The van der Waals surface area contributed by atoms with Gasteiger partial charge in [-0.15, -0.1) is 5.11 Å². The van der Waals surface area contributed by atoms with E-state index in [2.05, 4.69) is 10.3 Å². The lowest BCUT2D eigenvalue weighted by Gasteiger charge is -2.03. The summed E-state index contributed by atoms with van der Waals surface area (Å²) in [5.41, 5.74) is 1.72. The Morgan fingerprint density at radius 2 is 2.28 bits per heavy atom. The Bertz CT molecular complexity index is 614. The number of aryl methyl sites for hydroxylation is 1. The minimum atomic E-state index is 0.0554. The Morgan fingerprint density at radius 1 is 1.50 bits per heavy atom. The van der Waals surface area contributed by atoms with Gasteiger partial charge in [0.15, 0.2) is 5.84 Å². The Hall–Kier alpha value is -2.37. The van der Waals surface area contributed by atoms with Gasteiger partial charge in [-0.05, 0) is 19.1 Å². The molecule has 0 aliphatic rings. The number of hydrogen-bond acceptors (Lipinski definition) is 3. The van der Waals surface area contributed by atoms with E-state index < -0.39 is 0 Å². The molecule has 0 bridgehead atoms. The van der Waals surface area contributed by atoms with Crippen LogP contribution in [0.2, 0.25) is 0 Å². The molecule has 0 fully saturated rings. The summed E-state index contributed by atoms with van der Waals surface area (Å²) in [6.45, 7) is 2.84. The first-order chi connectivity index (χ1) is 8.71. The van der Waals surface area contributed by atoms with Crippen molar-refractivity contribution in [3.8, 4) is 5.75 Å². The van der Waals surface area contributed by atoms with Crippen LogP contribution in [0.4, 0.5) is 0 Å². The molecule has 1 aromatic carbocycles. The summed E-state index contributed by atoms with van der Waals surface area (Å²) < 4.78 is 7.25. The van der Waals surface area contributed by atoms with E-state index in [1.54, 1.807) is 7.11 Å². The van der Waals surface area contributed by atoms with Gasteiger partial charge in [0, 0.05) is 29.8 Å². The zero-order chi connectivity index (χ0) is 13.1. The van der Waals surface area contributed by atoms with Crippen molar-refractivity contribution in [2.24, 2.45) is 16.2 Å². The molecule has 6 heteroatoms. The second-order valence-electron chi connectivity index (χ2n) is 3.78. The van der Waals surface area contributed by atoms with Crippen LogP contribution in [0.15, 0.2) is 34.7 Å². The van der Waals surface area contributed by atoms with E-state index in [-0.39, 0.29) is 5.84 Å². The number of amidine groups is 1. The molecule has 0 saturated heterocycles. The van der Waals surface area contributed by atoms with Crippen molar-refractivity contribution in [1.29, 1.82) is 5.41 Å². The molecule has 0 atom stereocenters. The van der Waals surface area contributed by atoms with Crippen molar-refractivity contribution in [3.05, 3.63) is 30.0 Å². The second-order valence-corrected chi connectivity index (χ2v) is 3.78. The number of methoxy groups -OCH3 is 1. The molecule has 0 spiro atoms. The van der Waals surface area contributed by atoms with E-state index in [0.717, 1.165) is 23.2 Å². The number of fused-ring (bicyclic) bond motifs is 1. The van der Waals surface area contributed by atoms with E-state index in [0.29, 0.717) is 5.56 Å². The summed E-state index contributed by atoms with van der Waals surface area (Å²) in [6, 6.07) is 5.71. The van der Waals surface area contributed by atoms with Crippen molar-refractivity contribution in [3.63, 3.8) is 0 Å². The highest BCUT2D eigenvalue weighted by molar-refractivity contribution is 6.08. The molecule has 94 valence electrons. The molecule has 18 heavy (non-hydrogen) atoms. The van der Waals surface area contributed by atoms with E-state index in [9.17, 15) is 0 Å². The summed E-state index contributed by atoms with van der Waals surface area (Å²) in [7, 11) is 1.63. The lowest BCUT2D eigenvalue weighted by Crippen LogP contribution is -1.94. The minimum absolute atomic E-state index is 0.0554. The lowest BCUT2D eigenvalue weighted by atomic mass is 10.1. The average molecular weight is 245 g/mol. The van der Waals surface area contributed by atoms with Gasteiger partial charge in [0.05, 0.1) is 12.6 Å². The highest BCUT2D eigenvalue weighted by atomic mass is 16.5. The smallest absolute Gasteiger partial charge is 0.178 e. The fourth-order valence-corrected chi connectivity index (χ4v) is 1.96. The van der Waals surface area contributed by atoms with Crippen LogP contribution in [-0.4, -0.2) is 17.5 Å². The normalized spacial score (nSPS) is 11.2. The quantitative estimate of drug-likeness (QED) is 0.286. The highest BCUT2D eigenvalue weighted by Gasteiger charge is 2.12. The van der Waals surface area contributed by atoms with Crippen molar-refractivity contribution < 1.29 is 4.74 Å². The van der Waals surface area contributed by atoms with Gasteiger partial charge in [-0.3, -0.25) is 5.41 Å². The van der Waals surface area contributed by atoms with Gasteiger partial charge in [-0.2, -0.15) is 0 Å².